The van der Waals surface area contributed by atoms with Crippen LogP contribution in [-0.4, -0.2) is 27.2 Å². The van der Waals surface area contributed by atoms with Crippen molar-refractivity contribution in [1.29, 1.82) is 0 Å². The topological polar surface area (TPSA) is 58.5 Å². The fourth-order valence-electron chi connectivity index (χ4n) is 3.15. The Kier molecular flexibility index (Phi) is 3.13. The number of sulfone groups is 1. The molecular weight excluding hydrogens is 296 g/mol. The van der Waals surface area contributed by atoms with Crippen LogP contribution in [0, 0.1) is 0 Å². The van der Waals surface area contributed by atoms with E-state index in [1.54, 1.807) is 30.3 Å². The Balaban J connectivity index is 1.90. The van der Waals surface area contributed by atoms with Gasteiger partial charge in [0.15, 0.2) is 0 Å². The van der Waals surface area contributed by atoms with Crippen molar-refractivity contribution in [2.45, 2.75) is 17.7 Å². The predicted octanol–water partition coefficient (Wildman–Crippen LogP) is 2.38. The summed E-state index contributed by atoms with van der Waals surface area (Å²) in [6.07, 6.45) is 5.25. The maximum Gasteiger partial charge on any atom is 0.208 e. The standard InChI is InChI=1S/C17H16N2O2S/c20-22(21,12-5-2-1-3-6-12)16-8-4-7-13-14-11-18-10-9-15(14)19-17(13)16/h1-6,8,18H,7,9-11H2. The van der Waals surface area contributed by atoms with Crippen molar-refractivity contribution in [1.82, 2.24) is 5.32 Å². The Morgan fingerprint density at radius 1 is 1.09 bits per heavy atom. The summed E-state index contributed by atoms with van der Waals surface area (Å²) >= 11 is 0. The Labute approximate surface area is 129 Å². The van der Waals surface area contributed by atoms with Crippen molar-refractivity contribution < 1.29 is 8.42 Å². The van der Waals surface area contributed by atoms with Crippen LogP contribution in [0.4, 0.5) is 0 Å². The highest BCUT2D eigenvalue weighted by molar-refractivity contribution is 7.95. The summed E-state index contributed by atoms with van der Waals surface area (Å²) in [6, 6.07) is 8.57. The fraction of sp³-hybridized carbons (Fsp3) is 0.235. The third-order valence-corrected chi connectivity index (χ3v) is 6.05. The molecule has 5 heteroatoms. The van der Waals surface area contributed by atoms with Crippen LogP contribution in [-0.2, 0) is 9.84 Å². The maximum atomic E-state index is 12.9. The minimum atomic E-state index is -3.53. The minimum absolute atomic E-state index is 0.321. The Morgan fingerprint density at radius 2 is 1.91 bits per heavy atom. The second-order valence-electron chi connectivity index (χ2n) is 5.58. The average Bonchev–Trinajstić information content (AvgIpc) is 2.94. The van der Waals surface area contributed by atoms with Gasteiger partial charge in [-0.05, 0) is 35.8 Å². The molecule has 1 N–H and O–H groups in total. The fourth-order valence-corrected chi connectivity index (χ4v) is 4.62. The van der Waals surface area contributed by atoms with Crippen LogP contribution in [0.5, 0.6) is 0 Å². The third-order valence-electron chi connectivity index (χ3n) is 4.25. The highest BCUT2D eigenvalue weighted by Crippen LogP contribution is 2.39. The molecule has 0 spiro atoms. The lowest BCUT2D eigenvalue weighted by molar-refractivity contribution is 0.602. The molecular formula is C17H16N2O2S. The highest BCUT2D eigenvalue weighted by Gasteiger charge is 2.32. The zero-order valence-electron chi connectivity index (χ0n) is 12.0. The van der Waals surface area contributed by atoms with E-state index in [9.17, 15) is 8.42 Å². The summed E-state index contributed by atoms with van der Waals surface area (Å²) < 4.78 is 25.8. The van der Waals surface area contributed by atoms with E-state index in [0.29, 0.717) is 15.5 Å². The summed E-state index contributed by atoms with van der Waals surface area (Å²) in [6.45, 7) is 1.68. The van der Waals surface area contributed by atoms with Crippen LogP contribution in [0.25, 0.3) is 0 Å². The first-order chi connectivity index (χ1) is 10.7. The number of fused-ring (bicyclic) bond motifs is 2. The van der Waals surface area contributed by atoms with Crippen molar-refractivity contribution in [3.63, 3.8) is 0 Å². The SMILES string of the molecule is O=S(=O)(C1=C2N=C3CCNCC3=C2CC=C1)c1ccccc1. The van der Waals surface area contributed by atoms with Crippen molar-refractivity contribution in [2.24, 2.45) is 4.99 Å². The highest BCUT2D eigenvalue weighted by atomic mass is 32.2. The lowest BCUT2D eigenvalue weighted by Gasteiger charge is -2.17. The molecule has 0 unspecified atom stereocenters. The van der Waals surface area contributed by atoms with Crippen LogP contribution in [0.2, 0.25) is 0 Å². The van der Waals surface area contributed by atoms with Crippen LogP contribution >= 0.6 is 0 Å². The van der Waals surface area contributed by atoms with Gasteiger partial charge < -0.3 is 5.32 Å². The van der Waals surface area contributed by atoms with E-state index < -0.39 is 9.84 Å². The first-order valence-corrected chi connectivity index (χ1v) is 8.88. The van der Waals surface area contributed by atoms with Gasteiger partial charge in [0.1, 0.15) is 0 Å². The van der Waals surface area contributed by atoms with E-state index in [-0.39, 0.29) is 0 Å². The van der Waals surface area contributed by atoms with E-state index in [4.69, 9.17) is 0 Å². The van der Waals surface area contributed by atoms with Crippen LogP contribution < -0.4 is 5.32 Å². The Morgan fingerprint density at radius 3 is 2.73 bits per heavy atom. The van der Waals surface area contributed by atoms with E-state index in [0.717, 1.165) is 37.2 Å². The third kappa shape index (κ3) is 2.01. The van der Waals surface area contributed by atoms with Gasteiger partial charge in [0.25, 0.3) is 0 Å². The number of aliphatic imine (C=N–C) groups is 1. The molecule has 0 radical (unpaired) electrons. The molecule has 1 aromatic rings. The predicted molar refractivity (Wildman–Crippen MR) is 86.4 cm³/mol. The molecule has 112 valence electrons. The zero-order chi connectivity index (χ0) is 15.2. The van der Waals surface area contributed by atoms with Gasteiger partial charge in [-0.25, -0.2) is 8.42 Å². The summed E-state index contributed by atoms with van der Waals surface area (Å²) in [7, 11) is -3.53. The van der Waals surface area contributed by atoms with Crippen molar-refractivity contribution >= 4 is 15.5 Å². The summed E-state index contributed by atoms with van der Waals surface area (Å²) in [5, 5.41) is 3.34. The molecule has 2 heterocycles. The van der Waals surface area contributed by atoms with Gasteiger partial charge in [-0.15, -0.1) is 0 Å². The Hall–Kier alpha value is -1.98. The maximum absolute atomic E-state index is 12.9. The monoisotopic (exact) mass is 312 g/mol. The molecule has 22 heavy (non-hydrogen) atoms. The number of hydrogen-bond donors (Lipinski definition) is 1. The minimum Gasteiger partial charge on any atom is -0.312 e. The second kappa shape index (κ2) is 5.04. The number of nitrogens with one attached hydrogen (secondary N) is 1. The summed E-state index contributed by atoms with van der Waals surface area (Å²) in [5.74, 6) is 0. The van der Waals surface area contributed by atoms with Gasteiger partial charge in [0, 0.05) is 25.2 Å². The van der Waals surface area contributed by atoms with Gasteiger partial charge in [-0.1, -0.05) is 24.3 Å². The zero-order valence-corrected chi connectivity index (χ0v) is 12.9. The number of benzene rings is 1. The smallest absolute Gasteiger partial charge is 0.208 e. The van der Waals surface area contributed by atoms with E-state index in [1.807, 2.05) is 12.1 Å². The van der Waals surface area contributed by atoms with E-state index in [1.165, 1.54) is 5.57 Å². The van der Waals surface area contributed by atoms with Crippen LogP contribution in [0.3, 0.4) is 0 Å². The lowest BCUT2D eigenvalue weighted by Crippen LogP contribution is -2.29. The molecule has 0 aromatic heterocycles. The molecule has 2 aliphatic heterocycles. The number of nitrogens with zero attached hydrogens (tertiary/aromatic N) is 1. The molecule has 0 bridgehead atoms. The average molecular weight is 312 g/mol. The number of piperidine rings is 1. The van der Waals surface area contributed by atoms with Gasteiger partial charge in [0.05, 0.1) is 15.5 Å². The van der Waals surface area contributed by atoms with Crippen LogP contribution in [0.15, 0.2) is 74.1 Å². The van der Waals surface area contributed by atoms with Crippen molar-refractivity contribution in [3.8, 4) is 0 Å². The molecule has 1 saturated heterocycles. The van der Waals surface area contributed by atoms with Gasteiger partial charge in [0.2, 0.25) is 9.84 Å². The number of hydrogen-bond acceptors (Lipinski definition) is 4. The molecule has 0 atom stereocenters. The van der Waals surface area contributed by atoms with Crippen LogP contribution in [0.1, 0.15) is 12.8 Å². The van der Waals surface area contributed by atoms with Gasteiger partial charge >= 0.3 is 0 Å². The normalized spacial score (nSPS) is 20.8. The van der Waals surface area contributed by atoms with E-state index in [2.05, 4.69) is 10.3 Å². The lowest BCUT2D eigenvalue weighted by atomic mass is 9.95. The molecule has 0 amide bonds. The van der Waals surface area contributed by atoms with E-state index >= 15 is 0 Å². The molecule has 1 aromatic carbocycles. The number of allylic oxidation sites excluding steroid dienone is 3. The summed E-state index contributed by atoms with van der Waals surface area (Å²) in [5.41, 5.74) is 3.96. The van der Waals surface area contributed by atoms with Gasteiger partial charge in [-0.3, -0.25) is 4.99 Å². The molecule has 1 aliphatic carbocycles. The first kappa shape index (κ1) is 13.7. The number of rotatable bonds is 2. The molecule has 3 aliphatic rings. The Bertz CT molecular complexity index is 859. The second-order valence-corrected chi connectivity index (χ2v) is 7.50. The molecule has 0 saturated carbocycles. The first-order valence-electron chi connectivity index (χ1n) is 7.40. The van der Waals surface area contributed by atoms with Gasteiger partial charge in [-0.2, -0.15) is 0 Å². The largest absolute Gasteiger partial charge is 0.312 e. The molecule has 4 nitrogen and oxygen atoms in total. The summed E-state index contributed by atoms with van der Waals surface area (Å²) in [4.78, 5) is 5.31. The molecule has 4 rings (SSSR count). The van der Waals surface area contributed by atoms with Crippen molar-refractivity contribution in [3.05, 3.63) is 64.2 Å². The van der Waals surface area contributed by atoms with Crippen molar-refractivity contribution in [2.75, 3.05) is 13.1 Å². The molecule has 1 fully saturated rings. The quantitative estimate of drug-likeness (QED) is 0.912.